The van der Waals surface area contributed by atoms with Crippen molar-refractivity contribution in [2.24, 2.45) is 5.92 Å². The monoisotopic (exact) mass is 313 g/mol. The predicted octanol–water partition coefficient (Wildman–Crippen LogP) is 0.718. The molecule has 2 amide bonds. The van der Waals surface area contributed by atoms with E-state index in [1.54, 1.807) is 0 Å². The Morgan fingerprint density at radius 3 is 2.64 bits per heavy atom. The molecule has 0 spiro atoms. The molecule has 6 nitrogen and oxygen atoms in total. The minimum absolute atomic E-state index is 0.00737. The largest absolute Gasteiger partial charge is 0.380 e. The number of hydrogen-bond acceptors (Lipinski definition) is 4. The van der Waals surface area contributed by atoms with E-state index in [1.165, 1.54) is 0 Å². The van der Waals surface area contributed by atoms with E-state index in [-0.39, 0.29) is 24.3 Å². The second kappa shape index (κ2) is 9.79. The van der Waals surface area contributed by atoms with Gasteiger partial charge in [0.25, 0.3) is 0 Å². The summed E-state index contributed by atoms with van der Waals surface area (Å²) in [7, 11) is 0. The van der Waals surface area contributed by atoms with Gasteiger partial charge < -0.3 is 15.0 Å². The lowest BCUT2D eigenvalue weighted by Crippen LogP contribution is -2.55. The van der Waals surface area contributed by atoms with Gasteiger partial charge in [0.05, 0.1) is 13.2 Å². The van der Waals surface area contributed by atoms with Crippen molar-refractivity contribution in [3.63, 3.8) is 0 Å². The Bertz CT molecular complexity index is 363. The maximum atomic E-state index is 12.2. The van der Waals surface area contributed by atoms with Crippen molar-refractivity contribution in [1.82, 2.24) is 15.1 Å². The topological polar surface area (TPSA) is 61.9 Å². The minimum Gasteiger partial charge on any atom is -0.380 e. The molecule has 2 atom stereocenters. The fourth-order valence-corrected chi connectivity index (χ4v) is 2.51. The van der Waals surface area contributed by atoms with Gasteiger partial charge in [0.2, 0.25) is 11.8 Å². The van der Waals surface area contributed by atoms with Gasteiger partial charge in [-0.3, -0.25) is 14.5 Å². The number of nitrogens with zero attached hydrogens (tertiary/aromatic N) is 2. The highest BCUT2D eigenvalue weighted by Crippen LogP contribution is 2.09. The lowest BCUT2D eigenvalue weighted by molar-refractivity contribution is -0.136. The summed E-state index contributed by atoms with van der Waals surface area (Å²) in [6.45, 7) is 12.7. The summed E-state index contributed by atoms with van der Waals surface area (Å²) in [5, 5.41) is 2.73. The molecular formula is C16H31N3O3. The standard InChI is InChI=1S/C16H31N3O3/c1-5-13(3)16(21)17-11-15(20)19-8-7-18(14(4)12-19)9-10-22-6-2/h13-14H,5-12H2,1-4H3,(H,17,21). The summed E-state index contributed by atoms with van der Waals surface area (Å²) >= 11 is 0. The van der Waals surface area contributed by atoms with Crippen LogP contribution in [0.15, 0.2) is 0 Å². The van der Waals surface area contributed by atoms with Crippen molar-refractivity contribution in [3.8, 4) is 0 Å². The van der Waals surface area contributed by atoms with E-state index in [2.05, 4.69) is 17.1 Å². The Balaban J connectivity index is 2.33. The highest BCUT2D eigenvalue weighted by Gasteiger charge is 2.26. The molecule has 0 radical (unpaired) electrons. The molecule has 1 N–H and O–H groups in total. The first-order valence-corrected chi connectivity index (χ1v) is 8.36. The maximum absolute atomic E-state index is 12.2. The minimum atomic E-state index is -0.0424. The van der Waals surface area contributed by atoms with E-state index < -0.39 is 0 Å². The van der Waals surface area contributed by atoms with Crippen LogP contribution in [0.1, 0.15) is 34.1 Å². The van der Waals surface area contributed by atoms with Gasteiger partial charge in [0, 0.05) is 44.7 Å². The first kappa shape index (κ1) is 18.9. The summed E-state index contributed by atoms with van der Waals surface area (Å²) in [5.41, 5.74) is 0. The quantitative estimate of drug-likeness (QED) is 0.671. The zero-order valence-corrected chi connectivity index (χ0v) is 14.4. The summed E-state index contributed by atoms with van der Waals surface area (Å²) in [6, 6.07) is 0.323. The van der Waals surface area contributed by atoms with Crippen molar-refractivity contribution in [1.29, 1.82) is 0 Å². The zero-order valence-electron chi connectivity index (χ0n) is 14.4. The maximum Gasteiger partial charge on any atom is 0.242 e. The molecule has 128 valence electrons. The van der Waals surface area contributed by atoms with Gasteiger partial charge in [-0.1, -0.05) is 13.8 Å². The van der Waals surface area contributed by atoms with Gasteiger partial charge in [0.15, 0.2) is 0 Å². The molecular weight excluding hydrogens is 282 g/mol. The van der Waals surface area contributed by atoms with Gasteiger partial charge in [-0.25, -0.2) is 0 Å². The smallest absolute Gasteiger partial charge is 0.242 e. The van der Waals surface area contributed by atoms with Crippen LogP contribution in [0.25, 0.3) is 0 Å². The fourth-order valence-electron chi connectivity index (χ4n) is 2.51. The Labute approximate surface area is 134 Å². The molecule has 0 aromatic rings. The Morgan fingerprint density at radius 1 is 1.32 bits per heavy atom. The molecule has 0 saturated carbocycles. The normalized spacial score (nSPS) is 20.7. The molecule has 1 aliphatic rings. The molecule has 0 aromatic heterocycles. The number of amides is 2. The van der Waals surface area contributed by atoms with Crippen LogP contribution in [0.4, 0.5) is 0 Å². The van der Waals surface area contributed by atoms with Crippen LogP contribution in [-0.4, -0.2) is 73.6 Å². The third-order valence-corrected chi connectivity index (χ3v) is 4.32. The first-order valence-electron chi connectivity index (χ1n) is 8.36. The molecule has 0 aliphatic carbocycles. The Kier molecular flexibility index (Phi) is 8.42. The van der Waals surface area contributed by atoms with Gasteiger partial charge >= 0.3 is 0 Å². The fraction of sp³-hybridized carbons (Fsp3) is 0.875. The van der Waals surface area contributed by atoms with E-state index in [9.17, 15) is 9.59 Å². The van der Waals surface area contributed by atoms with Crippen LogP contribution in [0, 0.1) is 5.92 Å². The summed E-state index contributed by atoms with van der Waals surface area (Å²) in [4.78, 5) is 28.1. The summed E-state index contributed by atoms with van der Waals surface area (Å²) in [6.07, 6.45) is 0.787. The molecule has 22 heavy (non-hydrogen) atoms. The van der Waals surface area contributed by atoms with Crippen molar-refractivity contribution in [2.75, 3.05) is 45.9 Å². The lowest BCUT2D eigenvalue weighted by Gasteiger charge is -2.39. The van der Waals surface area contributed by atoms with E-state index in [1.807, 2.05) is 25.7 Å². The molecule has 6 heteroatoms. The van der Waals surface area contributed by atoms with Crippen LogP contribution in [0.3, 0.4) is 0 Å². The van der Waals surface area contributed by atoms with E-state index in [0.29, 0.717) is 19.1 Å². The Morgan fingerprint density at radius 2 is 2.05 bits per heavy atom. The van der Waals surface area contributed by atoms with Crippen LogP contribution in [0.5, 0.6) is 0 Å². The van der Waals surface area contributed by atoms with Crippen LogP contribution in [0.2, 0.25) is 0 Å². The number of piperazine rings is 1. The van der Waals surface area contributed by atoms with Crippen molar-refractivity contribution >= 4 is 11.8 Å². The highest BCUT2D eigenvalue weighted by atomic mass is 16.5. The molecule has 1 rings (SSSR count). The lowest BCUT2D eigenvalue weighted by atomic mass is 10.1. The average molecular weight is 313 g/mol. The van der Waals surface area contributed by atoms with Crippen LogP contribution >= 0.6 is 0 Å². The number of nitrogens with one attached hydrogen (secondary N) is 1. The number of carbonyl (C=O) groups excluding carboxylic acids is 2. The van der Waals surface area contributed by atoms with Gasteiger partial charge in [-0.15, -0.1) is 0 Å². The SMILES string of the molecule is CCOCCN1CCN(C(=O)CNC(=O)C(C)CC)CC1C. The van der Waals surface area contributed by atoms with E-state index in [0.717, 1.165) is 32.7 Å². The van der Waals surface area contributed by atoms with Gasteiger partial charge in [-0.2, -0.15) is 0 Å². The molecule has 1 fully saturated rings. The Hall–Kier alpha value is -1.14. The third kappa shape index (κ3) is 5.93. The zero-order chi connectivity index (χ0) is 16.5. The van der Waals surface area contributed by atoms with Crippen molar-refractivity contribution in [3.05, 3.63) is 0 Å². The molecule has 0 aromatic carbocycles. The van der Waals surface area contributed by atoms with Crippen LogP contribution in [-0.2, 0) is 14.3 Å². The third-order valence-electron chi connectivity index (χ3n) is 4.32. The number of carbonyl (C=O) groups is 2. The molecule has 0 bridgehead atoms. The average Bonchev–Trinajstić information content (AvgIpc) is 2.53. The van der Waals surface area contributed by atoms with E-state index in [4.69, 9.17) is 4.74 Å². The number of rotatable bonds is 8. The van der Waals surface area contributed by atoms with Crippen molar-refractivity contribution < 1.29 is 14.3 Å². The van der Waals surface area contributed by atoms with E-state index >= 15 is 0 Å². The van der Waals surface area contributed by atoms with Crippen molar-refractivity contribution in [2.45, 2.75) is 40.2 Å². The summed E-state index contributed by atoms with van der Waals surface area (Å²) < 4.78 is 5.39. The summed E-state index contributed by atoms with van der Waals surface area (Å²) in [5.74, 6) is -0.0747. The molecule has 2 unspecified atom stereocenters. The number of ether oxygens (including phenoxy) is 1. The second-order valence-electron chi connectivity index (χ2n) is 5.95. The number of hydrogen-bond donors (Lipinski definition) is 1. The molecule has 1 aliphatic heterocycles. The predicted molar refractivity (Wildman–Crippen MR) is 86.6 cm³/mol. The van der Waals surface area contributed by atoms with Crippen LogP contribution < -0.4 is 5.32 Å². The molecule has 1 heterocycles. The molecule has 1 saturated heterocycles. The first-order chi connectivity index (χ1) is 10.5. The van der Waals surface area contributed by atoms with Gasteiger partial charge in [0.1, 0.15) is 0 Å². The highest BCUT2D eigenvalue weighted by molar-refractivity contribution is 5.85. The van der Waals surface area contributed by atoms with Gasteiger partial charge in [-0.05, 0) is 20.3 Å². The second-order valence-corrected chi connectivity index (χ2v) is 5.95.